The van der Waals surface area contributed by atoms with Gasteiger partial charge in [0.25, 0.3) is 0 Å². The molecule has 0 aromatic carbocycles. The molecule has 1 unspecified atom stereocenters. The van der Waals surface area contributed by atoms with Gasteiger partial charge in [0.2, 0.25) is 0 Å². The predicted molar refractivity (Wildman–Crippen MR) is 49.5 cm³/mol. The number of carbonyl (C=O) groups excluding carboxylic acids is 1. The highest BCUT2D eigenvalue weighted by Gasteiger charge is 2.15. The smallest absolute Gasteiger partial charge is 0.312 e. The Hall–Kier alpha value is -0.553. The van der Waals surface area contributed by atoms with Crippen molar-refractivity contribution < 1.29 is 9.22 Å². The molecule has 1 saturated heterocycles. The van der Waals surface area contributed by atoms with E-state index in [0.717, 1.165) is 12.7 Å². The van der Waals surface area contributed by atoms with Crippen LogP contribution in [0.1, 0.15) is 12.8 Å². The first-order chi connectivity index (χ1) is 5.79. The standard InChI is InChI=1S/C7H16N2O2Si/c8-7(10)9-3-6-12-5-2-1-4-11-12/h12H,1-6H2,(H3,8,9,10). The molecule has 2 amide bonds. The molecule has 4 nitrogen and oxygen atoms in total. The van der Waals surface area contributed by atoms with Gasteiger partial charge in [0.15, 0.2) is 9.04 Å². The Morgan fingerprint density at radius 1 is 1.58 bits per heavy atom. The van der Waals surface area contributed by atoms with Crippen molar-refractivity contribution in [2.24, 2.45) is 5.73 Å². The zero-order valence-corrected chi connectivity index (χ0v) is 8.37. The molecule has 1 atom stereocenters. The van der Waals surface area contributed by atoms with Crippen molar-refractivity contribution in [3.8, 4) is 0 Å². The van der Waals surface area contributed by atoms with Crippen LogP contribution in [0.2, 0.25) is 12.1 Å². The average Bonchev–Trinajstić information content (AvgIpc) is 2.05. The summed E-state index contributed by atoms with van der Waals surface area (Å²) in [4.78, 5) is 10.3. The van der Waals surface area contributed by atoms with Crippen molar-refractivity contribution in [1.29, 1.82) is 0 Å². The summed E-state index contributed by atoms with van der Waals surface area (Å²) < 4.78 is 5.61. The van der Waals surface area contributed by atoms with Gasteiger partial charge in [-0.15, -0.1) is 0 Å². The molecule has 0 spiro atoms. The molecule has 12 heavy (non-hydrogen) atoms. The largest absolute Gasteiger partial charge is 0.420 e. The monoisotopic (exact) mass is 188 g/mol. The number of nitrogens with one attached hydrogen (secondary N) is 1. The molecule has 0 aromatic heterocycles. The molecule has 5 heteroatoms. The van der Waals surface area contributed by atoms with Gasteiger partial charge < -0.3 is 15.5 Å². The van der Waals surface area contributed by atoms with E-state index in [2.05, 4.69) is 5.32 Å². The van der Waals surface area contributed by atoms with Crippen molar-refractivity contribution in [2.75, 3.05) is 13.2 Å². The van der Waals surface area contributed by atoms with Crippen molar-refractivity contribution in [2.45, 2.75) is 24.9 Å². The Balaban J connectivity index is 2.01. The van der Waals surface area contributed by atoms with Gasteiger partial charge in [0.1, 0.15) is 0 Å². The first-order valence-corrected chi connectivity index (χ1v) is 6.54. The van der Waals surface area contributed by atoms with E-state index in [1.165, 1.54) is 18.9 Å². The number of urea groups is 1. The fourth-order valence-corrected chi connectivity index (χ4v) is 3.72. The minimum atomic E-state index is -0.955. The molecule has 1 rings (SSSR count). The quantitative estimate of drug-likeness (QED) is 0.621. The second-order valence-electron chi connectivity index (χ2n) is 3.07. The number of carbonyl (C=O) groups is 1. The molecule has 1 aliphatic rings. The average molecular weight is 188 g/mol. The van der Waals surface area contributed by atoms with Crippen LogP contribution in [0.3, 0.4) is 0 Å². The molecular formula is C7H16N2O2Si. The summed E-state index contributed by atoms with van der Waals surface area (Å²) in [7, 11) is -0.955. The third-order valence-electron chi connectivity index (χ3n) is 2.04. The topological polar surface area (TPSA) is 64.4 Å². The van der Waals surface area contributed by atoms with E-state index in [1.807, 2.05) is 0 Å². The summed E-state index contributed by atoms with van der Waals surface area (Å²) in [5.41, 5.74) is 4.93. The number of amides is 2. The van der Waals surface area contributed by atoms with Crippen molar-refractivity contribution >= 4 is 15.1 Å². The highest BCUT2D eigenvalue weighted by atomic mass is 28.3. The lowest BCUT2D eigenvalue weighted by Gasteiger charge is -2.20. The van der Waals surface area contributed by atoms with Crippen LogP contribution in [-0.2, 0) is 4.43 Å². The van der Waals surface area contributed by atoms with E-state index in [-0.39, 0.29) is 0 Å². The summed E-state index contributed by atoms with van der Waals surface area (Å²) in [6.07, 6.45) is 2.50. The lowest BCUT2D eigenvalue weighted by molar-refractivity contribution is 0.249. The molecule has 1 aliphatic heterocycles. The molecule has 1 fully saturated rings. The molecule has 3 N–H and O–H groups in total. The Bertz CT molecular complexity index is 148. The SMILES string of the molecule is NC(=O)NCC[SiH]1CCCCO1. The van der Waals surface area contributed by atoms with E-state index in [1.54, 1.807) is 0 Å². The second kappa shape index (κ2) is 5.16. The van der Waals surface area contributed by atoms with E-state index in [9.17, 15) is 4.79 Å². The zero-order chi connectivity index (χ0) is 8.81. The fraction of sp³-hybridized carbons (Fsp3) is 0.857. The summed E-state index contributed by atoms with van der Waals surface area (Å²) >= 11 is 0. The van der Waals surface area contributed by atoms with E-state index in [4.69, 9.17) is 10.2 Å². The maximum absolute atomic E-state index is 10.3. The highest BCUT2D eigenvalue weighted by molar-refractivity contribution is 6.52. The van der Waals surface area contributed by atoms with E-state index in [0.29, 0.717) is 6.54 Å². The number of rotatable bonds is 3. The van der Waals surface area contributed by atoms with Crippen molar-refractivity contribution in [3.63, 3.8) is 0 Å². The molecule has 0 aliphatic carbocycles. The van der Waals surface area contributed by atoms with Crippen LogP contribution >= 0.6 is 0 Å². The first-order valence-electron chi connectivity index (χ1n) is 4.44. The lowest BCUT2D eigenvalue weighted by atomic mass is 10.4. The molecule has 0 saturated carbocycles. The van der Waals surface area contributed by atoms with Gasteiger partial charge in [-0.25, -0.2) is 4.79 Å². The van der Waals surface area contributed by atoms with Gasteiger partial charge in [-0.1, -0.05) is 6.42 Å². The minimum Gasteiger partial charge on any atom is -0.420 e. The molecule has 70 valence electrons. The summed E-state index contributed by atoms with van der Waals surface area (Å²) in [6.45, 7) is 1.61. The molecule has 0 aromatic rings. The summed E-state index contributed by atoms with van der Waals surface area (Å²) in [5, 5.41) is 2.59. The van der Waals surface area contributed by atoms with Gasteiger partial charge >= 0.3 is 6.03 Å². The Morgan fingerprint density at radius 3 is 3.00 bits per heavy atom. The summed E-state index contributed by atoms with van der Waals surface area (Å²) in [6, 6.07) is 1.84. The number of nitrogens with two attached hydrogens (primary N) is 1. The normalized spacial score (nSPS) is 23.5. The van der Waals surface area contributed by atoms with Crippen LogP contribution in [0.15, 0.2) is 0 Å². The Morgan fingerprint density at radius 2 is 2.42 bits per heavy atom. The van der Waals surface area contributed by atoms with Crippen LogP contribution in [0, 0.1) is 0 Å². The van der Waals surface area contributed by atoms with Gasteiger partial charge in [-0.3, -0.25) is 0 Å². The Kier molecular flexibility index (Phi) is 4.10. The third-order valence-corrected chi connectivity index (χ3v) is 4.73. The van der Waals surface area contributed by atoms with Crippen LogP contribution in [0.4, 0.5) is 4.79 Å². The minimum absolute atomic E-state index is 0.431. The van der Waals surface area contributed by atoms with Crippen molar-refractivity contribution in [1.82, 2.24) is 5.32 Å². The number of primary amides is 1. The van der Waals surface area contributed by atoms with Gasteiger partial charge in [0, 0.05) is 13.2 Å². The molecular weight excluding hydrogens is 172 g/mol. The van der Waals surface area contributed by atoms with E-state index >= 15 is 0 Å². The highest BCUT2D eigenvalue weighted by Crippen LogP contribution is 2.13. The number of hydrogen-bond donors (Lipinski definition) is 2. The van der Waals surface area contributed by atoms with Gasteiger partial charge in [-0.2, -0.15) is 0 Å². The zero-order valence-electron chi connectivity index (χ0n) is 7.21. The van der Waals surface area contributed by atoms with Crippen LogP contribution in [-0.4, -0.2) is 28.2 Å². The number of hydrogen-bond acceptors (Lipinski definition) is 2. The van der Waals surface area contributed by atoms with Gasteiger partial charge in [-0.05, 0) is 18.5 Å². The Labute approximate surface area is 74.2 Å². The van der Waals surface area contributed by atoms with Crippen molar-refractivity contribution in [3.05, 3.63) is 0 Å². The maximum atomic E-state index is 10.3. The fourth-order valence-electron chi connectivity index (χ4n) is 1.39. The maximum Gasteiger partial charge on any atom is 0.312 e. The summed E-state index contributed by atoms with van der Waals surface area (Å²) in [5.74, 6) is 0. The van der Waals surface area contributed by atoms with Crippen LogP contribution in [0.25, 0.3) is 0 Å². The lowest BCUT2D eigenvalue weighted by Crippen LogP contribution is -2.34. The molecule has 0 bridgehead atoms. The molecule has 1 heterocycles. The third kappa shape index (κ3) is 3.73. The predicted octanol–water partition coefficient (Wildman–Crippen LogP) is 0.189. The van der Waals surface area contributed by atoms with Gasteiger partial charge in [0.05, 0.1) is 0 Å². The van der Waals surface area contributed by atoms with Crippen LogP contribution in [0.5, 0.6) is 0 Å². The van der Waals surface area contributed by atoms with Crippen LogP contribution < -0.4 is 11.1 Å². The molecule has 0 radical (unpaired) electrons. The second-order valence-corrected chi connectivity index (χ2v) is 5.80. The van der Waals surface area contributed by atoms with E-state index < -0.39 is 15.1 Å². The first kappa shape index (κ1) is 9.53.